The van der Waals surface area contributed by atoms with Gasteiger partial charge in [-0.15, -0.1) is 0 Å². The van der Waals surface area contributed by atoms with Crippen LogP contribution in [0.5, 0.6) is 0 Å². The summed E-state index contributed by atoms with van der Waals surface area (Å²) in [6, 6.07) is 7.40. The SMILES string of the molecule is CCN(CC)C(=O)c1ccc(CNC(=O)CCNC)cc1. The van der Waals surface area contributed by atoms with Crippen LogP contribution >= 0.6 is 0 Å². The van der Waals surface area contributed by atoms with Crippen LogP contribution in [-0.4, -0.2) is 43.4 Å². The molecule has 0 aliphatic heterocycles. The molecule has 0 aromatic heterocycles. The van der Waals surface area contributed by atoms with Gasteiger partial charge >= 0.3 is 0 Å². The van der Waals surface area contributed by atoms with E-state index >= 15 is 0 Å². The van der Waals surface area contributed by atoms with E-state index in [2.05, 4.69) is 10.6 Å². The number of hydrogen-bond donors (Lipinski definition) is 2. The molecular weight excluding hydrogens is 266 g/mol. The third kappa shape index (κ3) is 5.55. The van der Waals surface area contributed by atoms with Crippen LogP contribution in [-0.2, 0) is 11.3 Å². The Bertz CT molecular complexity index is 453. The molecule has 0 spiro atoms. The Morgan fingerprint density at radius 2 is 1.71 bits per heavy atom. The van der Waals surface area contributed by atoms with Crippen LogP contribution in [0.15, 0.2) is 24.3 Å². The summed E-state index contributed by atoms with van der Waals surface area (Å²) in [6.45, 7) is 6.51. The summed E-state index contributed by atoms with van der Waals surface area (Å²) < 4.78 is 0. The number of carbonyl (C=O) groups excluding carboxylic acids is 2. The molecule has 0 aliphatic carbocycles. The fourth-order valence-electron chi connectivity index (χ4n) is 1.99. The van der Waals surface area contributed by atoms with Crippen LogP contribution in [0.1, 0.15) is 36.2 Å². The van der Waals surface area contributed by atoms with E-state index in [1.165, 1.54) is 0 Å². The molecule has 0 aliphatic rings. The van der Waals surface area contributed by atoms with Crippen molar-refractivity contribution in [3.8, 4) is 0 Å². The number of rotatable bonds is 8. The molecule has 0 saturated heterocycles. The molecule has 0 atom stereocenters. The second kappa shape index (κ2) is 9.13. The van der Waals surface area contributed by atoms with Crippen molar-refractivity contribution in [3.63, 3.8) is 0 Å². The quantitative estimate of drug-likeness (QED) is 0.761. The van der Waals surface area contributed by atoms with Crippen molar-refractivity contribution in [1.82, 2.24) is 15.5 Å². The molecule has 5 heteroatoms. The van der Waals surface area contributed by atoms with E-state index in [0.717, 1.165) is 5.56 Å². The summed E-state index contributed by atoms with van der Waals surface area (Å²) in [6.07, 6.45) is 0.467. The minimum absolute atomic E-state index is 0.0210. The first-order valence-electron chi connectivity index (χ1n) is 7.41. The van der Waals surface area contributed by atoms with E-state index in [1.54, 1.807) is 4.90 Å². The fraction of sp³-hybridized carbons (Fsp3) is 0.500. The highest BCUT2D eigenvalue weighted by Gasteiger charge is 2.11. The van der Waals surface area contributed by atoms with Crippen LogP contribution in [0, 0.1) is 0 Å². The van der Waals surface area contributed by atoms with Crippen molar-refractivity contribution < 1.29 is 9.59 Å². The molecule has 1 aromatic rings. The van der Waals surface area contributed by atoms with Gasteiger partial charge in [-0.3, -0.25) is 9.59 Å². The van der Waals surface area contributed by atoms with Gasteiger partial charge < -0.3 is 15.5 Å². The van der Waals surface area contributed by atoms with Crippen LogP contribution in [0.2, 0.25) is 0 Å². The van der Waals surface area contributed by atoms with Gasteiger partial charge in [0.05, 0.1) is 0 Å². The molecule has 1 aromatic carbocycles. The smallest absolute Gasteiger partial charge is 0.253 e. The van der Waals surface area contributed by atoms with Crippen LogP contribution in [0.3, 0.4) is 0 Å². The number of carbonyl (C=O) groups is 2. The van der Waals surface area contributed by atoms with Crippen molar-refractivity contribution >= 4 is 11.8 Å². The molecule has 1 rings (SSSR count). The molecule has 0 bridgehead atoms. The predicted octanol–water partition coefficient (Wildman–Crippen LogP) is 1.39. The Labute approximate surface area is 126 Å². The largest absolute Gasteiger partial charge is 0.352 e. The highest BCUT2D eigenvalue weighted by Crippen LogP contribution is 2.08. The Kier molecular flexibility index (Phi) is 7.46. The maximum Gasteiger partial charge on any atom is 0.253 e. The van der Waals surface area contributed by atoms with Crippen molar-refractivity contribution in [2.75, 3.05) is 26.7 Å². The summed E-state index contributed by atoms with van der Waals surface area (Å²) in [5.41, 5.74) is 1.67. The lowest BCUT2D eigenvalue weighted by atomic mass is 10.1. The minimum atomic E-state index is 0.0210. The molecule has 2 N–H and O–H groups in total. The Hall–Kier alpha value is -1.88. The molecule has 5 nitrogen and oxygen atoms in total. The van der Waals surface area contributed by atoms with Gasteiger partial charge in [-0.05, 0) is 38.6 Å². The number of amides is 2. The van der Waals surface area contributed by atoms with Gasteiger partial charge in [0.25, 0.3) is 5.91 Å². The maximum atomic E-state index is 12.2. The zero-order chi connectivity index (χ0) is 15.7. The molecular formula is C16H25N3O2. The van der Waals surface area contributed by atoms with E-state index in [4.69, 9.17) is 0 Å². The first kappa shape index (κ1) is 17.2. The second-order valence-corrected chi connectivity index (χ2v) is 4.80. The van der Waals surface area contributed by atoms with Crippen molar-refractivity contribution in [3.05, 3.63) is 35.4 Å². The second-order valence-electron chi connectivity index (χ2n) is 4.80. The fourth-order valence-corrected chi connectivity index (χ4v) is 1.99. The first-order valence-corrected chi connectivity index (χ1v) is 7.41. The monoisotopic (exact) mass is 291 g/mol. The third-order valence-electron chi connectivity index (χ3n) is 3.34. The standard InChI is InChI=1S/C16H25N3O2/c1-4-19(5-2)16(21)14-8-6-13(7-9-14)12-18-15(20)10-11-17-3/h6-9,17H,4-5,10-12H2,1-3H3,(H,18,20). The van der Waals surface area contributed by atoms with Crippen LogP contribution in [0.25, 0.3) is 0 Å². The third-order valence-corrected chi connectivity index (χ3v) is 3.34. The van der Waals surface area contributed by atoms with E-state index in [-0.39, 0.29) is 11.8 Å². The molecule has 0 radical (unpaired) electrons. The molecule has 2 amide bonds. The van der Waals surface area contributed by atoms with E-state index in [1.807, 2.05) is 45.2 Å². The van der Waals surface area contributed by atoms with Crippen LogP contribution in [0.4, 0.5) is 0 Å². The molecule has 0 unspecified atom stereocenters. The van der Waals surface area contributed by atoms with Gasteiger partial charge in [-0.2, -0.15) is 0 Å². The summed E-state index contributed by atoms with van der Waals surface area (Å²) in [5.74, 6) is 0.0669. The maximum absolute atomic E-state index is 12.2. The van der Waals surface area contributed by atoms with E-state index in [0.29, 0.717) is 38.2 Å². The number of nitrogens with zero attached hydrogens (tertiary/aromatic N) is 1. The van der Waals surface area contributed by atoms with Gasteiger partial charge in [0.1, 0.15) is 0 Å². The Morgan fingerprint density at radius 3 is 2.24 bits per heavy atom. The summed E-state index contributed by atoms with van der Waals surface area (Å²) in [7, 11) is 1.82. The van der Waals surface area contributed by atoms with E-state index in [9.17, 15) is 9.59 Å². The van der Waals surface area contributed by atoms with Gasteiger partial charge in [-0.25, -0.2) is 0 Å². The van der Waals surface area contributed by atoms with E-state index < -0.39 is 0 Å². The Morgan fingerprint density at radius 1 is 1.10 bits per heavy atom. The normalized spacial score (nSPS) is 10.2. The highest BCUT2D eigenvalue weighted by atomic mass is 16.2. The topological polar surface area (TPSA) is 61.4 Å². The predicted molar refractivity (Wildman–Crippen MR) is 84.1 cm³/mol. The average Bonchev–Trinajstić information content (AvgIpc) is 2.52. The minimum Gasteiger partial charge on any atom is -0.352 e. The lowest BCUT2D eigenvalue weighted by molar-refractivity contribution is -0.121. The number of benzene rings is 1. The van der Waals surface area contributed by atoms with Crippen molar-refractivity contribution in [2.45, 2.75) is 26.8 Å². The Balaban J connectivity index is 2.54. The average molecular weight is 291 g/mol. The summed E-state index contributed by atoms with van der Waals surface area (Å²) in [4.78, 5) is 25.4. The first-order chi connectivity index (χ1) is 10.1. The van der Waals surface area contributed by atoms with Gasteiger partial charge in [0.15, 0.2) is 0 Å². The molecule has 0 heterocycles. The zero-order valence-electron chi connectivity index (χ0n) is 13.1. The lowest BCUT2D eigenvalue weighted by Gasteiger charge is -2.18. The van der Waals surface area contributed by atoms with Crippen LogP contribution < -0.4 is 10.6 Å². The molecule has 0 fully saturated rings. The number of nitrogens with one attached hydrogen (secondary N) is 2. The lowest BCUT2D eigenvalue weighted by Crippen LogP contribution is -2.30. The number of hydrogen-bond acceptors (Lipinski definition) is 3. The van der Waals surface area contributed by atoms with Crippen molar-refractivity contribution in [1.29, 1.82) is 0 Å². The summed E-state index contributed by atoms with van der Waals surface area (Å²) >= 11 is 0. The van der Waals surface area contributed by atoms with Gasteiger partial charge in [-0.1, -0.05) is 12.1 Å². The highest BCUT2D eigenvalue weighted by molar-refractivity contribution is 5.94. The summed E-state index contributed by atoms with van der Waals surface area (Å²) in [5, 5.41) is 5.79. The molecule has 21 heavy (non-hydrogen) atoms. The van der Waals surface area contributed by atoms with Crippen molar-refractivity contribution in [2.24, 2.45) is 0 Å². The van der Waals surface area contributed by atoms with Gasteiger partial charge in [0, 0.05) is 38.2 Å². The molecule has 0 saturated carbocycles. The van der Waals surface area contributed by atoms with Gasteiger partial charge in [0.2, 0.25) is 5.91 Å². The zero-order valence-corrected chi connectivity index (χ0v) is 13.1. The molecule has 116 valence electrons.